The van der Waals surface area contributed by atoms with Crippen LogP contribution in [0.15, 0.2) is 17.4 Å². The molecule has 8 nitrogen and oxygen atoms in total. The van der Waals surface area contributed by atoms with Crippen molar-refractivity contribution in [1.82, 2.24) is 9.55 Å². The van der Waals surface area contributed by atoms with Crippen molar-refractivity contribution in [3.8, 4) is 0 Å². The number of nitrogen functional groups attached to an aromatic ring is 1. The molecule has 1 fully saturated rings. The molecule has 2 rings (SSSR count). The molecule has 0 aromatic carbocycles. The van der Waals surface area contributed by atoms with Crippen molar-refractivity contribution in [3.05, 3.63) is 17.9 Å². The van der Waals surface area contributed by atoms with Crippen LogP contribution < -0.4 is 11.4 Å². The van der Waals surface area contributed by atoms with Gasteiger partial charge < -0.3 is 25.9 Å². The summed E-state index contributed by atoms with van der Waals surface area (Å²) in [5, 5.41) is 26.8. The van der Waals surface area contributed by atoms with E-state index < -0.39 is 35.5 Å². The SMILES string of the molecule is Nc1ccn([C@@H]2O[C@](F)(CO)[C@@H](O)[C@]2(F)Cl)/c(=N/O)n1. The number of ether oxygens (including phenoxy) is 1. The topological polar surface area (TPSA) is 126 Å². The third-order valence-corrected chi connectivity index (χ3v) is 3.23. The van der Waals surface area contributed by atoms with Gasteiger partial charge in [-0.2, -0.15) is 4.98 Å². The first kappa shape index (κ1) is 14.9. The monoisotopic (exact) mass is 312 g/mol. The lowest BCUT2D eigenvalue weighted by Crippen LogP contribution is -2.45. The second-order valence-electron chi connectivity index (χ2n) is 4.15. The summed E-state index contributed by atoms with van der Waals surface area (Å²) in [6.45, 7) is -1.32. The highest BCUT2D eigenvalue weighted by atomic mass is 35.5. The van der Waals surface area contributed by atoms with E-state index >= 15 is 0 Å². The van der Waals surface area contributed by atoms with Gasteiger partial charge in [0, 0.05) is 6.20 Å². The highest BCUT2D eigenvalue weighted by Gasteiger charge is 2.66. The molecule has 1 saturated heterocycles. The van der Waals surface area contributed by atoms with Gasteiger partial charge in [0.05, 0.1) is 0 Å². The summed E-state index contributed by atoms with van der Waals surface area (Å²) in [5.74, 6) is -3.16. The standard InChI is InChI=1S/C9H11ClF2N4O4/c10-9(12)5(18)8(11,3-17)20-6(9)16-2-1-4(13)14-7(16)15-19/h1-2,5-6,17-19H,3H2,(H2,13,14,15)/t5-,6-,8-,9-/m1/s1. The first-order chi connectivity index (χ1) is 9.26. The van der Waals surface area contributed by atoms with E-state index in [1.165, 1.54) is 6.07 Å². The molecule has 0 amide bonds. The van der Waals surface area contributed by atoms with Gasteiger partial charge in [0.15, 0.2) is 12.3 Å². The Morgan fingerprint density at radius 1 is 1.60 bits per heavy atom. The summed E-state index contributed by atoms with van der Waals surface area (Å²) in [7, 11) is 0. The molecule has 0 aliphatic carbocycles. The van der Waals surface area contributed by atoms with Crippen molar-refractivity contribution in [2.45, 2.75) is 23.3 Å². The molecule has 0 unspecified atom stereocenters. The maximum atomic E-state index is 14.3. The van der Waals surface area contributed by atoms with Crippen LogP contribution in [-0.4, -0.2) is 48.7 Å². The molecule has 0 radical (unpaired) electrons. The van der Waals surface area contributed by atoms with E-state index in [0.717, 1.165) is 10.8 Å². The predicted molar refractivity (Wildman–Crippen MR) is 60.7 cm³/mol. The molecular formula is C9H11ClF2N4O4. The smallest absolute Gasteiger partial charge is 0.270 e. The minimum atomic E-state index is -3.13. The minimum Gasteiger partial charge on any atom is -0.408 e. The van der Waals surface area contributed by atoms with Gasteiger partial charge in [-0.05, 0) is 11.2 Å². The fraction of sp³-hybridized carbons (Fsp3) is 0.556. The first-order valence-electron chi connectivity index (χ1n) is 5.32. The van der Waals surface area contributed by atoms with E-state index in [0.29, 0.717) is 0 Å². The minimum absolute atomic E-state index is 0.0553. The lowest BCUT2D eigenvalue weighted by molar-refractivity contribution is -0.207. The van der Waals surface area contributed by atoms with E-state index in [4.69, 9.17) is 27.6 Å². The summed E-state index contributed by atoms with van der Waals surface area (Å²) in [6.07, 6.45) is -3.33. The number of hydrogen-bond donors (Lipinski definition) is 4. The Hall–Kier alpha value is -1.49. The van der Waals surface area contributed by atoms with Crippen molar-refractivity contribution < 1.29 is 28.9 Å². The molecule has 1 aromatic rings. The average Bonchev–Trinajstić information content (AvgIpc) is 2.60. The Morgan fingerprint density at radius 2 is 2.25 bits per heavy atom. The highest BCUT2D eigenvalue weighted by Crippen LogP contribution is 2.49. The molecule has 1 aliphatic rings. The van der Waals surface area contributed by atoms with E-state index in [9.17, 15) is 13.9 Å². The van der Waals surface area contributed by atoms with Crippen LogP contribution in [0.25, 0.3) is 0 Å². The number of aromatic nitrogens is 2. The van der Waals surface area contributed by atoms with Gasteiger partial charge in [0.25, 0.3) is 16.6 Å². The van der Waals surface area contributed by atoms with Gasteiger partial charge in [-0.3, -0.25) is 4.57 Å². The van der Waals surface area contributed by atoms with Gasteiger partial charge >= 0.3 is 0 Å². The van der Waals surface area contributed by atoms with Crippen molar-refractivity contribution >= 4 is 17.4 Å². The molecular weight excluding hydrogens is 302 g/mol. The number of nitrogens with zero attached hydrogens (tertiary/aromatic N) is 3. The Labute approximate surface area is 115 Å². The molecule has 112 valence electrons. The lowest BCUT2D eigenvalue weighted by atomic mass is 10.1. The summed E-state index contributed by atoms with van der Waals surface area (Å²) in [4.78, 5) is 3.55. The van der Waals surface area contributed by atoms with E-state index in [2.05, 4.69) is 14.9 Å². The molecule has 2 heterocycles. The van der Waals surface area contributed by atoms with Gasteiger partial charge in [-0.25, -0.2) is 8.78 Å². The molecule has 1 aromatic heterocycles. The molecule has 1 aliphatic heterocycles. The zero-order chi connectivity index (χ0) is 15.1. The number of anilines is 1. The Balaban J connectivity index is 2.54. The molecule has 4 atom stereocenters. The Kier molecular flexibility index (Phi) is 3.58. The number of rotatable bonds is 2. The number of nitrogens with two attached hydrogens (primary N) is 1. The van der Waals surface area contributed by atoms with Crippen molar-refractivity contribution in [1.29, 1.82) is 0 Å². The van der Waals surface area contributed by atoms with Crippen molar-refractivity contribution in [2.24, 2.45) is 5.16 Å². The van der Waals surface area contributed by atoms with Crippen LogP contribution in [0.3, 0.4) is 0 Å². The molecule has 0 saturated carbocycles. The summed E-state index contributed by atoms with van der Waals surface area (Å²) >= 11 is 5.45. The fourth-order valence-electron chi connectivity index (χ4n) is 1.81. The summed E-state index contributed by atoms with van der Waals surface area (Å²) in [6, 6.07) is 1.19. The second kappa shape index (κ2) is 4.81. The van der Waals surface area contributed by atoms with Gasteiger partial charge in [-0.1, -0.05) is 11.6 Å². The van der Waals surface area contributed by atoms with E-state index in [-0.39, 0.29) is 5.82 Å². The van der Waals surface area contributed by atoms with Crippen LogP contribution in [0.5, 0.6) is 0 Å². The third-order valence-electron chi connectivity index (χ3n) is 2.83. The molecule has 0 bridgehead atoms. The number of alkyl halides is 3. The van der Waals surface area contributed by atoms with Crippen LogP contribution in [-0.2, 0) is 4.74 Å². The predicted octanol–water partition coefficient (Wildman–Crippen LogP) is -0.792. The zero-order valence-electron chi connectivity index (χ0n) is 9.82. The van der Waals surface area contributed by atoms with Gasteiger partial charge in [0.1, 0.15) is 12.4 Å². The average molecular weight is 313 g/mol. The van der Waals surface area contributed by atoms with E-state index in [1.54, 1.807) is 0 Å². The molecule has 11 heteroatoms. The lowest BCUT2D eigenvalue weighted by Gasteiger charge is -2.22. The largest absolute Gasteiger partial charge is 0.408 e. The van der Waals surface area contributed by atoms with Crippen LogP contribution in [0.1, 0.15) is 6.23 Å². The number of hydrogen-bond acceptors (Lipinski definition) is 7. The molecule has 5 N–H and O–H groups in total. The van der Waals surface area contributed by atoms with Gasteiger partial charge in [0.2, 0.25) is 0 Å². The zero-order valence-corrected chi connectivity index (χ0v) is 10.6. The summed E-state index contributed by atoms with van der Waals surface area (Å²) < 4.78 is 33.6. The van der Waals surface area contributed by atoms with E-state index in [1.807, 2.05) is 0 Å². The van der Waals surface area contributed by atoms with Crippen LogP contribution in [0, 0.1) is 0 Å². The highest BCUT2D eigenvalue weighted by molar-refractivity contribution is 6.23. The first-order valence-corrected chi connectivity index (χ1v) is 5.70. The number of aliphatic hydroxyl groups is 2. The quantitative estimate of drug-likeness (QED) is 0.322. The Bertz CT molecular complexity index is 583. The normalized spacial score (nSPS) is 38.4. The molecule has 0 spiro atoms. The van der Waals surface area contributed by atoms with Crippen LogP contribution >= 0.6 is 11.6 Å². The maximum absolute atomic E-state index is 14.3. The third kappa shape index (κ3) is 2.10. The van der Waals surface area contributed by atoms with Crippen molar-refractivity contribution in [2.75, 3.05) is 12.3 Å². The summed E-state index contributed by atoms with van der Waals surface area (Å²) in [5.41, 5.74) is 4.83. The number of aliphatic hydroxyl groups excluding tert-OH is 2. The Morgan fingerprint density at radius 3 is 2.75 bits per heavy atom. The van der Waals surface area contributed by atoms with Crippen molar-refractivity contribution in [3.63, 3.8) is 0 Å². The molecule has 20 heavy (non-hydrogen) atoms. The van der Waals surface area contributed by atoms with Crippen LogP contribution in [0.4, 0.5) is 14.6 Å². The maximum Gasteiger partial charge on any atom is 0.270 e. The van der Waals surface area contributed by atoms with Crippen LogP contribution in [0.2, 0.25) is 0 Å². The number of halogens is 3. The second-order valence-corrected chi connectivity index (χ2v) is 4.73. The fourth-order valence-corrected chi connectivity index (χ4v) is 2.12. The van der Waals surface area contributed by atoms with Gasteiger partial charge in [-0.15, -0.1) is 0 Å².